The maximum Gasteiger partial charge on any atom is 0.235 e. The van der Waals surface area contributed by atoms with E-state index in [9.17, 15) is 39.3 Å². The largest absolute Gasteiger partial charge is 0.507 e. The lowest BCUT2D eigenvalue weighted by atomic mass is 9.50. The van der Waals surface area contributed by atoms with Gasteiger partial charge in [0.25, 0.3) is 0 Å². The van der Waals surface area contributed by atoms with Crippen molar-refractivity contribution in [3.63, 3.8) is 0 Å². The fourth-order valence-corrected chi connectivity index (χ4v) is 7.55. The second-order valence-corrected chi connectivity index (χ2v) is 12.1. The number of aryl methyl sites for hydroxylation is 1. The number of fused-ring (bicyclic) bond motifs is 3. The number of hydrogen-bond donors (Lipinski definition) is 4. The summed E-state index contributed by atoms with van der Waals surface area (Å²) < 4.78 is 0.910. The van der Waals surface area contributed by atoms with E-state index in [1.54, 1.807) is 12.1 Å². The molecule has 5 rings (SSSR count). The number of phenols is 1. The van der Waals surface area contributed by atoms with E-state index in [-0.39, 0.29) is 11.1 Å². The monoisotopic (exact) mass is 658 g/mol. The number of carbonyl (C=O) groups excluding carboxylic acids is 5. The van der Waals surface area contributed by atoms with Crippen molar-refractivity contribution >= 4 is 63.3 Å². The first-order chi connectivity index (χ1) is 18.7. The molecule has 2 aromatic carbocycles. The van der Waals surface area contributed by atoms with Gasteiger partial charge in [0.1, 0.15) is 5.75 Å². The highest BCUT2D eigenvalue weighted by atomic mass is 127. The molecule has 3 aliphatic carbocycles. The Morgan fingerprint density at radius 2 is 1.77 bits per heavy atom. The Labute approximate surface area is 243 Å². The number of phenolic OH excluding ortho intramolecular Hbond substituents is 1. The molecule has 0 bridgehead atoms. The summed E-state index contributed by atoms with van der Waals surface area (Å²) in [4.78, 5) is 68.4. The molecule has 2 fully saturated rings. The lowest BCUT2D eigenvalue weighted by Gasteiger charge is -2.55. The van der Waals surface area contributed by atoms with Gasteiger partial charge in [-0.25, -0.2) is 0 Å². The molecule has 2 aromatic rings. The van der Waals surface area contributed by atoms with Crippen LogP contribution in [-0.2, 0) is 19.2 Å². The smallest absolute Gasteiger partial charge is 0.235 e. The average Bonchev–Trinajstić information content (AvgIpc) is 2.84. The first-order valence-electron chi connectivity index (χ1n) is 12.6. The molecule has 0 heterocycles. The second kappa shape index (κ2) is 9.68. The van der Waals surface area contributed by atoms with Crippen molar-refractivity contribution in [1.82, 2.24) is 4.90 Å². The van der Waals surface area contributed by atoms with Gasteiger partial charge in [0.2, 0.25) is 5.91 Å². The maximum absolute atomic E-state index is 14.2. The average molecular weight is 658 g/mol. The van der Waals surface area contributed by atoms with Crippen LogP contribution >= 0.6 is 22.6 Å². The summed E-state index contributed by atoms with van der Waals surface area (Å²) in [6, 6.07) is 8.61. The van der Waals surface area contributed by atoms with Crippen molar-refractivity contribution < 1.29 is 39.3 Å². The molecule has 0 spiro atoms. The van der Waals surface area contributed by atoms with E-state index in [1.807, 2.05) is 25.1 Å². The van der Waals surface area contributed by atoms with Crippen molar-refractivity contribution in [2.75, 3.05) is 14.1 Å². The third kappa shape index (κ3) is 3.90. The fraction of sp³-hybridized carbons (Fsp3) is 0.345. The number of rotatable bonds is 3. The molecule has 11 heteroatoms. The molecular weight excluding hydrogens is 631 g/mol. The molecule has 2 unspecified atom stereocenters. The number of hydrogen-bond acceptors (Lipinski definition) is 9. The number of likely N-dealkylation sites (N-methyl/N-ethyl adjacent to an activating group) is 1. The molecule has 208 valence electrons. The van der Waals surface area contributed by atoms with E-state index in [4.69, 9.17) is 5.73 Å². The van der Waals surface area contributed by atoms with Gasteiger partial charge in [-0.2, -0.15) is 0 Å². The van der Waals surface area contributed by atoms with Gasteiger partial charge < -0.3 is 21.1 Å². The van der Waals surface area contributed by atoms with E-state index < -0.39 is 76.2 Å². The van der Waals surface area contributed by atoms with Gasteiger partial charge in [0.05, 0.1) is 29.5 Å². The predicted octanol–water partition coefficient (Wildman–Crippen LogP) is 0.749. The first-order valence-corrected chi connectivity index (χ1v) is 13.6. The van der Waals surface area contributed by atoms with Crippen LogP contribution in [0.1, 0.15) is 27.0 Å². The minimum absolute atomic E-state index is 0.185. The van der Waals surface area contributed by atoms with Gasteiger partial charge in [-0.1, -0.05) is 24.3 Å². The quantitative estimate of drug-likeness (QED) is 0.274. The number of aliphatic hydroxyl groups is 2. The number of primary amides is 1. The van der Waals surface area contributed by atoms with Gasteiger partial charge in [-0.3, -0.25) is 28.9 Å². The predicted molar refractivity (Wildman–Crippen MR) is 151 cm³/mol. The molecule has 10 nitrogen and oxygen atoms in total. The Bertz CT molecular complexity index is 1530. The molecule has 2 saturated carbocycles. The van der Waals surface area contributed by atoms with Crippen LogP contribution < -0.4 is 5.73 Å². The van der Waals surface area contributed by atoms with Crippen LogP contribution in [0.2, 0.25) is 0 Å². The number of nitrogens with zero attached hydrogens (tertiary/aromatic N) is 1. The highest BCUT2D eigenvalue weighted by Crippen LogP contribution is 2.54. The van der Waals surface area contributed by atoms with Gasteiger partial charge in [0.15, 0.2) is 34.7 Å². The topological polar surface area (TPSA) is 175 Å². The van der Waals surface area contributed by atoms with Crippen molar-refractivity contribution in [1.29, 1.82) is 0 Å². The second-order valence-electron chi connectivity index (χ2n) is 10.9. The van der Waals surface area contributed by atoms with Crippen LogP contribution in [-0.4, -0.2) is 81.1 Å². The minimum Gasteiger partial charge on any atom is -0.507 e. The van der Waals surface area contributed by atoms with E-state index in [0.29, 0.717) is 11.1 Å². The molecule has 40 heavy (non-hydrogen) atoms. The highest BCUT2D eigenvalue weighted by Gasteiger charge is 2.72. The molecule has 7 atom stereocenters. The Kier molecular flexibility index (Phi) is 6.85. The third-order valence-corrected chi connectivity index (χ3v) is 8.88. The van der Waals surface area contributed by atoms with E-state index in [2.05, 4.69) is 22.6 Å². The number of halogens is 1. The van der Waals surface area contributed by atoms with Crippen LogP contribution in [0.4, 0.5) is 0 Å². The minimum atomic E-state index is -3.05. The van der Waals surface area contributed by atoms with E-state index >= 15 is 0 Å². The summed E-state index contributed by atoms with van der Waals surface area (Å²) in [6.07, 6.45) is -0.0571. The summed E-state index contributed by atoms with van der Waals surface area (Å²) in [6.45, 7) is 1.90. The highest BCUT2D eigenvalue weighted by molar-refractivity contribution is 14.1. The van der Waals surface area contributed by atoms with Crippen molar-refractivity contribution in [3.8, 4) is 5.75 Å². The zero-order valence-electron chi connectivity index (χ0n) is 21.8. The zero-order chi connectivity index (χ0) is 29.4. The molecule has 1 amide bonds. The van der Waals surface area contributed by atoms with Gasteiger partial charge in [-0.05, 0) is 84.1 Å². The van der Waals surface area contributed by atoms with Crippen molar-refractivity contribution in [2.45, 2.75) is 24.7 Å². The summed E-state index contributed by atoms with van der Waals surface area (Å²) in [5.74, 6) is -13.2. The number of aliphatic hydroxyl groups excluding tert-OH is 1. The number of ketones is 4. The number of benzene rings is 2. The summed E-state index contributed by atoms with van der Waals surface area (Å²) in [5.41, 5.74) is 4.35. The molecule has 0 radical (unpaired) electrons. The SMILES string of the molecule is Cc1cc(I)cc(/C=C2\c3cccc(O)c3C(=O)C3C(=O)[C@]4(O)C(=O)C(C(N)=O)C(=O)[C@@H](N(C)C)[C@@H]4[C@@H](O)[C@H]23)c1. The van der Waals surface area contributed by atoms with Gasteiger partial charge >= 0.3 is 0 Å². The Morgan fingerprint density at radius 1 is 1.10 bits per heavy atom. The Morgan fingerprint density at radius 3 is 2.38 bits per heavy atom. The van der Waals surface area contributed by atoms with Crippen molar-refractivity contribution in [2.24, 2.45) is 29.4 Å². The lowest BCUT2D eigenvalue weighted by molar-refractivity contribution is -0.192. The molecule has 0 aliphatic heterocycles. The number of amides is 1. The van der Waals surface area contributed by atoms with Gasteiger partial charge in [0, 0.05) is 9.49 Å². The Hall–Kier alpha value is -3.26. The van der Waals surface area contributed by atoms with Crippen LogP contribution in [0.5, 0.6) is 5.75 Å². The number of carbonyl (C=O) groups is 5. The van der Waals surface area contributed by atoms with Crippen LogP contribution in [0.3, 0.4) is 0 Å². The van der Waals surface area contributed by atoms with Crippen LogP contribution in [0, 0.1) is 34.2 Å². The number of nitrogens with two attached hydrogens (primary N) is 1. The molecule has 3 aliphatic rings. The normalized spacial score (nSPS) is 32.6. The summed E-state index contributed by atoms with van der Waals surface area (Å²) >= 11 is 2.15. The van der Waals surface area contributed by atoms with Crippen LogP contribution in [0.15, 0.2) is 36.4 Å². The van der Waals surface area contributed by atoms with E-state index in [0.717, 1.165) is 9.13 Å². The standard InChI is InChI=1S/C29H27IN2O8/c1-11-7-12(9-13(30)8-11)10-15-14-5-4-6-16(33)17(14)23(34)19-18(15)24(35)21-22(32(2)3)25(36)20(28(31)39)27(38)29(21,40)26(19)37/h4-10,18-22,24,33,35,40H,1-3H3,(H2,31,39)/b15-10+/t18-,19?,20?,21-,22+,24+,29+/m1/s1. The third-order valence-electron chi connectivity index (χ3n) is 8.26. The number of aromatic hydroxyl groups is 1. The zero-order valence-corrected chi connectivity index (χ0v) is 23.9. The van der Waals surface area contributed by atoms with Crippen LogP contribution in [0.25, 0.3) is 11.6 Å². The molecular formula is C29H27IN2O8. The summed E-state index contributed by atoms with van der Waals surface area (Å²) in [5, 5.41) is 34.4. The lowest BCUT2D eigenvalue weighted by Crippen LogP contribution is -2.77. The van der Waals surface area contributed by atoms with E-state index in [1.165, 1.54) is 31.1 Å². The number of Topliss-reactive ketones (excluding diaryl/α,β-unsaturated/α-hetero) is 4. The Balaban J connectivity index is 1.81. The molecule has 0 aromatic heterocycles. The molecule has 0 saturated heterocycles. The first kappa shape index (κ1) is 28.3. The van der Waals surface area contributed by atoms with Crippen molar-refractivity contribution in [3.05, 3.63) is 62.2 Å². The fourth-order valence-electron chi connectivity index (χ4n) is 6.70. The molecule has 5 N–H and O–H groups in total. The van der Waals surface area contributed by atoms with Gasteiger partial charge in [-0.15, -0.1) is 0 Å². The maximum atomic E-state index is 14.2. The summed E-state index contributed by atoms with van der Waals surface area (Å²) in [7, 11) is 2.90.